The van der Waals surface area contributed by atoms with E-state index in [1.807, 2.05) is 20.8 Å². The molecule has 0 saturated carbocycles. The first-order valence-corrected chi connectivity index (χ1v) is 14.2. The second-order valence-electron chi connectivity index (χ2n) is 11.5. The van der Waals surface area contributed by atoms with E-state index in [4.69, 9.17) is 5.11 Å². The van der Waals surface area contributed by atoms with Crippen molar-refractivity contribution >= 4 is 0 Å². The average Bonchev–Trinajstić information content (AvgIpc) is 2.85. The summed E-state index contributed by atoms with van der Waals surface area (Å²) in [4.78, 5) is 0. The fourth-order valence-corrected chi connectivity index (χ4v) is 5.28. The van der Waals surface area contributed by atoms with E-state index in [1.54, 1.807) is 0 Å². The minimum absolute atomic E-state index is 0.205. The summed E-state index contributed by atoms with van der Waals surface area (Å²) < 4.78 is 0. The average molecular weight is 483 g/mol. The zero-order valence-electron chi connectivity index (χ0n) is 25.3. The van der Waals surface area contributed by atoms with Gasteiger partial charge in [-0.15, -0.1) is 0 Å². The molecule has 35 heavy (non-hydrogen) atoms. The van der Waals surface area contributed by atoms with Gasteiger partial charge in [0.25, 0.3) is 0 Å². The van der Waals surface area contributed by atoms with E-state index >= 15 is 0 Å². The highest BCUT2D eigenvalue weighted by Crippen LogP contribution is 2.51. The molecule has 1 N–H and O–H groups in total. The monoisotopic (exact) mass is 482 g/mol. The molecule has 1 nitrogen and oxygen atoms in total. The first-order chi connectivity index (χ1) is 16.4. The molecule has 0 radical (unpaired) electrons. The number of aliphatic hydroxyl groups is 1. The van der Waals surface area contributed by atoms with Gasteiger partial charge in [0.2, 0.25) is 0 Å². The molecule has 2 aromatic carbocycles. The molecule has 2 rings (SSSR count). The van der Waals surface area contributed by atoms with Crippen LogP contribution in [0, 0.1) is 17.3 Å². The van der Waals surface area contributed by atoms with Crippen molar-refractivity contribution in [2.24, 2.45) is 17.3 Å². The van der Waals surface area contributed by atoms with Gasteiger partial charge < -0.3 is 5.11 Å². The predicted molar refractivity (Wildman–Crippen MR) is 158 cm³/mol. The normalized spacial score (nSPS) is 15.0. The Morgan fingerprint density at radius 3 is 1.57 bits per heavy atom. The molecule has 0 heterocycles. The summed E-state index contributed by atoms with van der Waals surface area (Å²) in [7, 11) is 0. The fourth-order valence-electron chi connectivity index (χ4n) is 5.28. The largest absolute Gasteiger partial charge is 0.396 e. The van der Waals surface area contributed by atoms with Crippen LogP contribution in [0.1, 0.15) is 131 Å². The van der Waals surface area contributed by atoms with Gasteiger partial charge in [0.15, 0.2) is 0 Å². The van der Waals surface area contributed by atoms with Crippen molar-refractivity contribution in [1.29, 1.82) is 0 Å². The van der Waals surface area contributed by atoms with Gasteiger partial charge in [-0.05, 0) is 64.0 Å². The lowest BCUT2D eigenvalue weighted by Crippen LogP contribution is -2.35. The van der Waals surface area contributed by atoms with E-state index < -0.39 is 0 Å². The fraction of sp³-hybridized carbons (Fsp3) is 0.647. The van der Waals surface area contributed by atoms with Crippen molar-refractivity contribution in [2.75, 3.05) is 6.61 Å². The molecule has 1 heteroatoms. The molecule has 200 valence electrons. The topological polar surface area (TPSA) is 20.2 Å². The van der Waals surface area contributed by atoms with Gasteiger partial charge in [-0.3, -0.25) is 0 Å². The van der Waals surface area contributed by atoms with E-state index in [0.29, 0.717) is 30.3 Å². The van der Waals surface area contributed by atoms with Crippen LogP contribution in [0.4, 0.5) is 0 Å². The Balaban J connectivity index is 0.00000174. The van der Waals surface area contributed by atoms with Crippen LogP contribution in [0.5, 0.6) is 0 Å². The molecular weight excluding hydrogens is 424 g/mol. The molecular formula is C34H58O. The van der Waals surface area contributed by atoms with Gasteiger partial charge >= 0.3 is 0 Å². The number of hydrogen-bond donors (Lipinski definition) is 1. The summed E-state index contributed by atoms with van der Waals surface area (Å²) in [6.07, 6.45) is 3.27. The first-order valence-electron chi connectivity index (χ1n) is 14.2. The van der Waals surface area contributed by atoms with Crippen molar-refractivity contribution < 1.29 is 5.11 Å². The van der Waals surface area contributed by atoms with Crippen molar-refractivity contribution in [3.63, 3.8) is 0 Å². The van der Waals surface area contributed by atoms with Crippen LogP contribution >= 0.6 is 0 Å². The Morgan fingerprint density at radius 2 is 1.20 bits per heavy atom. The van der Waals surface area contributed by atoms with Crippen LogP contribution < -0.4 is 0 Å². The van der Waals surface area contributed by atoms with Crippen LogP contribution in [0.3, 0.4) is 0 Å². The Labute approximate surface area is 219 Å². The van der Waals surface area contributed by atoms with Crippen LogP contribution in [0.2, 0.25) is 0 Å². The predicted octanol–water partition coefficient (Wildman–Crippen LogP) is 10.4. The Morgan fingerprint density at radius 1 is 0.714 bits per heavy atom. The molecule has 0 aliphatic heterocycles. The molecule has 2 aromatic rings. The zero-order valence-corrected chi connectivity index (χ0v) is 25.3. The molecule has 0 aliphatic carbocycles. The van der Waals surface area contributed by atoms with Gasteiger partial charge in [0.05, 0.1) is 0 Å². The maximum atomic E-state index is 7.88. The quantitative estimate of drug-likeness (QED) is 0.377. The van der Waals surface area contributed by atoms with Crippen LogP contribution in [0.15, 0.2) is 54.6 Å². The minimum atomic E-state index is 0.205. The standard InChI is InChI=1S/C29H44.C3H8O.C2H6/c1-10-21(3)29(8,9)27(24-15-13-12-14-16-24)22(4)26(11-2)23-17-19-25(20-18-23)28(5,6)7;1-2-3-4;1-2/h12-22,26-27H,10-11H2,1-9H3;4H,2-3H2,1H3;1-2H3. The molecule has 4 atom stereocenters. The lowest BCUT2D eigenvalue weighted by atomic mass is 9.59. The number of benzene rings is 2. The summed E-state index contributed by atoms with van der Waals surface area (Å²) in [5, 5.41) is 7.88. The highest BCUT2D eigenvalue weighted by atomic mass is 16.2. The lowest BCUT2D eigenvalue weighted by molar-refractivity contribution is 0.122. The van der Waals surface area contributed by atoms with Gasteiger partial charge in [-0.25, -0.2) is 0 Å². The second-order valence-corrected chi connectivity index (χ2v) is 11.5. The van der Waals surface area contributed by atoms with Crippen LogP contribution in [-0.4, -0.2) is 11.7 Å². The molecule has 0 bridgehead atoms. The van der Waals surface area contributed by atoms with Crippen LogP contribution in [0.25, 0.3) is 0 Å². The third-order valence-electron chi connectivity index (χ3n) is 7.87. The molecule has 0 spiro atoms. The molecule has 0 saturated heterocycles. The van der Waals surface area contributed by atoms with Crippen molar-refractivity contribution in [1.82, 2.24) is 0 Å². The summed E-state index contributed by atoms with van der Waals surface area (Å²) in [6, 6.07) is 20.7. The Kier molecular flexibility index (Phi) is 15.5. The summed E-state index contributed by atoms with van der Waals surface area (Å²) in [6.45, 7) is 27.7. The SMILES string of the molecule is CC.CCC(c1ccc(C(C)(C)C)cc1)C(C)C(c1ccccc1)C(C)(C)C(C)CC.CCCO. The highest BCUT2D eigenvalue weighted by molar-refractivity contribution is 5.31. The van der Waals surface area contributed by atoms with Gasteiger partial charge in [-0.2, -0.15) is 0 Å². The zero-order chi connectivity index (χ0) is 27.2. The maximum Gasteiger partial charge on any atom is 0.0428 e. The third kappa shape index (κ3) is 9.76. The smallest absolute Gasteiger partial charge is 0.0428 e. The number of hydrogen-bond acceptors (Lipinski definition) is 1. The molecule has 0 aliphatic rings. The summed E-state index contributed by atoms with van der Waals surface area (Å²) >= 11 is 0. The summed E-state index contributed by atoms with van der Waals surface area (Å²) in [5.41, 5.74) is 4.86. The number of aliphatic hydroxyl groups excluding tert-OH is 1. The molecule has 0 fully saturated rings. The Bertz CT molecular complexity index is 764. The first kappa shape index (κ1) is 33.4. The van der Waals surface area contributed by atoms with E-state index in [1.165, 1.54) is 29.5 Å². The van der Waals surface area contributed by atoms with Crippen LogP contribution in [-0.2, 0) is 5.41 Å². The Hall–Kier alpha value is -1.60. The molecule has 0 aromatic heterocycles. The molecule has 0 amide bonds. The van der Waals surface area contributed by atoms with Crippen molar-refractivity contribution in [3.8, 4) is 0 Å². The lowest BCUT2D eigenvalue weighted by Gasteiger charge is -2.45. The van der Waals surface area contributed by atoms with Gasteiger partial charge in [-0.1, -0.05) is 144 Å². The van der Waals surface area contributed by atoms with Gasteiger partial charge in [0.1, 0.15) is 0 Å². The van der Waals surface area contributed by atoms with Crippen molar-refractivity contribution in [3.05, 3.63) is 71.3 Å². The highest BCUT2D eigenvalue weighted by Gasteiger charge is 2.40. The van der Waals surface area contributed by atoms with E-state index in [9.17, 15) is 0 Å². The maximum absolute atomic E-state index is 7.88. The van der Waals surface area contributed by atoms with E-state index in [-0.39, 0.29) is 10.8 Å². The number of rotatable bonds is 9. The molecule has 4 unspecified atom stereocenters. The van der Waals surface area contributed by atoms with Gasteiger partial charge in [0, 0.05) is 6.61 Å². The minimum Gasteiger partial charge on any atom is -0.396 e. The van der Waals surface area contributed by atoms with E-state index in [0.717, 1.165) is 6.42 Å². The van der Waals surface area contributed by atoms with Crippen molar-refractivity contribution in [2.45, 2.75) is 120 Å². The van der Waals surface area contributed by atoms with E-state index in [2.05, 4.69) is 117 Å². The summed E-state index contributed by atoms with van der Waals surface area (Å²) in [5.74, 6) is 2.35. The third-order valence-corrected chi connectivity index (χ3v) is 7.87. The second kappa shape index (κ2) is 16.2.